The van der Waals surface area contributed by atoms with E-state index >= 15 is 0 Å². The second kappa shape index (κ2) is 4.71. The van der Waals surface area contributed by atoms with E-state index in [2.05, 4.69) is 4.84 Å². The molecule has 0 amide bonds. The maximum atomic E-state index is 5.65. The molecular weight excluding hydrogens is 210 g/mol. The summed E-state index contributed by atoms with van der Waals surface area (Å²) in [6.07, 6.45) is 0. The van der Waals surface area contributed by atoms with E-state index in [0.29, 0.717) is 5.75 Å². The molecule has 2 aromatic carbocycles. The van der Waals surface area contributed by atoms with Crippen LogP contribution in [0.4, 0.5) is 5.69 Å². The first kappa shape index (κ1) is 9.87. The molecule has 15 heavy (non-hydrogen) atoms. The molecule has 1 N–H and O–H groups in total. The number of hydrogen-bond acceptors (Lipinski definition) is 2. The van der Waals surface area contributed by atoms with Crippen LogP contribution in [0.1, 0.15) is 0 Å². The zero-order valence-corrected chi connectivity index (χ0v) is 8.74. The Kier molecular flexibility index (Phi) is 3.10. The van der Waals surface area contributed by atoms with Crippen molar-refractivity contribution in [3.8, 4) is 11.5 Å². The number of halogens is 1. The molecule has 0 spiro atoms. The maximum absolute atomic E-state index is 5.65. The Morgan fingerprint density at radius 3 is 2.27 bits per heavy atom. The molecule has 0 atom stereocenters. The van der Waals surface area contributed by atoms with Gasteiger partial charge in [0, 0.05) is 11.8 Å². The molecule has 2 aromatic rings. The van der Waals surface area contributed by atoms with Crippen LogP contribution in [0.5, 0.6) is 11.5 Å². The van der Waals surface area contributed by atoms with Gasteiger partial charge in [0.05, 0.1) is 5.69 Å². The highest BCUT2D eigenvalue weighted by Gasteiger charge is 2.01. The van der Waals surface area contributed by atoms with E-state index < -0.39 is 0 Å². The highest BCUT2D eigenvalue weighted by Crippen LogP contribution is 2.29. The van der Waals surface area contributed by atoms with Crippen LogP contribution < -0.4 is 9.57 Å². The van der Waals surface area contributed by atoms with E-state index in [1.165, 1.54) is 0 Å². The highest BCUT2D eigenvalue weighted by molar-refractivity contribution is 6.24. The van der Waals surface area contributed by atoms with Gasteiger partial charge in [0.2, 0.25) is 0 Å². The van der Waals surface area contributed by atoms with E-state index in [0.717, 1.165) is 11.4 Å². The molecule has 76 valence electrons. The van der Waals surface area contributed by atoms with Gasteiger partial charge in [0.15, 0.2) is 5.75 Å². The minimum absolute atomic E-state index is 0.707. The minimum atomic E-state index is 0.707. The molecule has 0 heterocycles. The topological polar surface area (TPSA) is 21.3 Å². The minimum Gasteiger partial charge on any atom is -0.455 e. The summed E-state index contributed by atoms with van der Waals surface area (Å²) in [5, 5.41) is 0. The quantitative estimate of drug-likeness (QED) is 0.787. The number of para-hydroxylation sites is 3. The molecule has 0 fully saturated rings. The summed E-state index contributed by atoms with van der Waals surface area (Å²) in [4.78, 5) is 2.56. The van der Waals surface area contributed by atoms with Crippen LogP contribution in [-0.2, 0) is 0 Å². The molecular formula is C12H10ClNO. The molecule has 0 radical (unpaired) electrons. The van der Waals surface area contributed by atoms with Crippen LogP contribution in [0, 0.1) is 0 Å². The van der Waals surface area contributed by atoms with Crippen LogP contribution in [0.3, 0.4) is 0 Å². The first-order chi connectivity index (χ1) is 7.40. The molecule has 2 rings (SSSR count). The lowest BCUT2D eigenvalue weighted by Gasteiger charge is -2.08. The zero-order chi connectivity index (χ0) is 10.5. The van der Waals surface area contributed by atoms with Gasteiger partial charge < -0.3 is 4.74 Å². The first-order valence-corrected chi connectivity index (χ1v) is 4.96. The number of anilines is 1. The lowest BCUT2D eigenvalue weighted by molar-refractivity contribution is 0.485. The van der Waals surface area contributed by atoms with E-state index in [4.69, 9.17) is 16.5 Å². The van der Waals surface area contributed by atoms with Crippen molar-refractivity contribution in [3.05, 3.63) is 54.6 Å². The van der Waals surface area contributed by atoms with Crippen LogP contribution in [0.2, 0.25) is 0 Å². The summed E-state index contributed by atoms with van der Waals surface area (Å²) >= 11 is 5.57. The molecule has 0 aliphatic heterocycles. The predicted molar refractivity (Wildman–Crippen MR) is 62.4 cm³/mol. The first-order valence-electron chi connectivity index (χ1n) is 4.59. The SMILES string of the molecule is ClNc1ccccc1Oc1ccccc1. The van der Waals surface area contributed by atoms with Crippen molar-refractivity contribution in [2.24, 2.45) is 0 Å². The van der Waals surface area contributed by atoms with Gasteiger partial charge in [0.1, 0.15) is 5.75 Å². The van der Waals surface area contributed by atoms with Crippen LogP contribution in [-0.4, -0.2) is 0 Å². The average molecular weight is 220 g/mol. The second-order valence-electron chi connectivity index (χ2n) is 3.01. The monoisotopic (exact) mass is 219 g/mol. The summed E-state index contributed by atoms with van der Waals surface area (Å²) in [6, 6.07) is 17.1. The van der Waals surface area contributed by atoms with Crippen molar-refractivity contribution < 1.29 is 4.74 Å². The van der Waals surface area contributed by atoms with Crippen molar-refractivity contribution in [2.75, 3.05) is 4.84 Å². The third-order valence-electron chi connectivity index (χ3n) is 1.96. The highest BCUT2D eigenvalue weighted by atomic mass is 35.5. The number of ether oxygens (including phenoxy) is 1. The molecule has 0 bridgehead atoms. The molecule has 0 aromatic heterocycles. The standard InChI is InChI=1S/C12H10ClNO/c13-14-11-8-4-5-9-12(11)15-10-6-2-1-3-7-10/h1-9,14H. The van der Waals surface area contributed by atoms with Crippen molar-refractivity contribution in [3.63, 3.8) is 0 Å². The van der Waals surface area contributed by atoms with Gasteiger partial charge in [0.25, 0.3) is 0 Å². The van der Waals surface area contributed by atoms with Crippen molar-refractivity contribution in [1.29, 1.82) is 0 Å². The van der Waals surface area contributed by atoms with Gasteiger partial charge in [-0.15, -0.1) is 0 Å². The van der Waals surface area contributed by atoms with Crippen molar-refractivity contribution in [2.45, 2.75) is 0 Å². The van der Waals surface area contributed by atoms with Gasteiger partial charge in [-0.2, -0.15) is 0 Å². The molecule has 3 heteroatoms. The average Bonchev–Trinajstić information content (AvgIpc) is 2.31. The fourth-order valence-electron chi connectivity index (χ4n) is 1.25. The normalized spacial score (nSPS) is 9.67. The van der Waals surface area contributed by atoms with Crippen LogP contribution in [0.15, 0.2) is 54.6 Å². The molecule has 0 aliphatic carbocycles. The Balaban J connectivity index is 2.24. The van der Waals surface area contributed by atoms with Crippen LogP contribution in [0.25, 0.3) is 0 Å². The number of hydrogen-bond donors (Lipinski definition) is 1. The molecule has 0 saturated heterocycles. The van der Waals surface area contributed by atoms with E-state index in [9.17, 15) is 0 Å². The van der Waals surface area contributed by atoms with Gasteiger partial charge in [-0.3, -0.25) is 4.84 Å². The lowest BCUT2D eigenvalue weighted by atomic mass is 10.3. The fraction of sp³-hybridized carbons (Fsp3) is 0. The van der Waals surface area contributed by atoms with Gasteiger partial charge >= 0.3 is 0 Å². The van der Waals surface area contributed by atoms with Crippen molar-refractivity contribution >= 4 is 17.5 Å². The molecule has 0 unspecified atom stereocenters. The summed E-state index contributed by atoms with van der Waals surface area (Å²) in [7, 11) is 0. The summed E-state index contributed by atoms with van der Waals surface area (Å²) in [5.74, 6) is 1.50. The Hall–Kier alpha value is -1.67. The van der Waals surface area contributed by atoms with Gasteiger partial charge in [-0.25, -0.2) is 0 Å². The van der Waals surface area contributed by atoms with Gasteiger partial charge in [-0.05, 0) is 24.3 Å². The third-order valence-corrected chi connectivity index (χ3v) is 2.16. The molecule has 0 saturated carbocycles. The Labute approximate surface area is 93.6 Å². The second-order valence-corrected chi connectivity index (χ2v) is 3.19. The summed E-state index contributed by atoms with van der Waals surface area (Å²) < 4.78 is 5.65. The Morgan fingerprint density at radius 2 is 1.53 bits per heavy atom. The van der Waals surface area contributed by atoms with E-state index in [-0.39, 0.29) is 0 Å². The largest absolute Gasteiger partial charge is 0.455 e. The molecule has 0 aliphatic rings. The Morgan fingerprint density at radius 1 is 0.867 bits per heavy atom. The van der Waals surface area contributed by atoms with Crippen LogP contribution >= 0.6 is 11.8 Å². The number of benzene rings is 2. The fourth-order valence-corrected chi connectivity index (χ4v) is 1.41. The van der Waals surface area contributed by atoms with Gasteiger partial charge in [-0.1, -0.05) is 30.3 Å². The van der Waals surface area contributed by atoms with E-state index in [1.54, 1.807) is 0 Å². The summed E-state index contributed by atoms with van der Waals surface area (Å²) in [6.45, 7) is 0. The lowest BCUT2D eigenvalue weighted by Crippen LogP contribution is -1.88. The maximum Gasteiger partial charge on any atom is 0.151 e. The smallest absolute Gasteiger partial charge is 0.151 e. The Bertz CT molecular complexity index is 431. The van der Waals surface area contributed by atoms with E-state index in [1.807, 2.05) is 54.6 Å². The predicted octanol–water partition coefficient (Wildman–Crippen LogP) is 4.04. The zero-order valence-electron chi connectivity index (χ0n) is 7.98. The van der Waals surface area contributed by atoms with Crippen molar-refractivity contribution in [1.82, 2.24) is 0 Å². The summed E-state index contributed by atoms with van der Waals surface area (Å²) in [5.41, 5.74) is 0.753. The number of nitrogens with one attached hydrogen (secondary N) is 1. The molecule has 2 nitrogen and oxygen atoms in total. The third kappa shape index (κ3) is 2.42. The number of rotatable bonds is 3.